The first-order valence-electron chi connectivity index (χ1n) is 8.59. The van der Waals surface area contributed by atoms with Crippen molar-refractivity contribution in [2.75, 3.05) is 13.1 Å². The number of carbonyl (C=O) groups is 1. The van der Waals surface area contributed by atoms with Gasteiger partial charge in [0, 0.05) is 12.0 Å². The third-order valence-corrected chi connectivity index (χ3v) is 6.41. The Kier molecular flexibility index (Phi) is 3.18. The van der Waals surface area contributed by atoms with Crippen LogP contribution in [0.5, 0.6) is 0 Å². The van der Waals surface area contributed by atoms with Gasteiger partial charge in [0.15, 0.2) is 0 Å². The summed E-state index contributed by atoms with van der Waals surface area (Å²) in [5.41, 5.74) is 1.33. The minimum Gasteiger partial charge on any atom is -0.299 e. The zero-order chi connectivity index (χ0) is 14.3. The van der Waals surface area contributed by atoms with Crippen molar-refractivity contribution in [2.24, 2.45) is 0 Å². The standard InChI is InChI=1S/C19H25NO/c21-17-15-18(20-13-5-2-6-14-20)9-11-19(17,12-10-18)16-7-3-1-4-8-16/h1,3-4,7-8H,2,5-6,9-15H2. The van der Waals surface area contributed by atoms with Crippen LogP contribution in [0.1, 0.15) is 56.9 Å². The molecule has 0 amide bonds. The summed E-state index contributed by atoms with van der Waals surface area (Å²) in [4.78, 5) is 15.7. The van der Waals surface area contributed by atoms with E-state index in [9.17, 15) is 4.79 Å². The normalized spacial score (nSPS) is 36.9. The van der Waals surface area contributed by atoms with E-state index in [1.165, 1.54) is 50.8 Å². The Morgan fingerprint density at radius 1 is 0.857 bits per heavy atom. The maximum atomic E-state index is 13.0. The lowest BCUT2D eigenvalue weighted by Crippen LogP contribution is -2.62. The molecule has 0 N–H and O–H groups in total. The predicted molar refractivity (Wildman–Crippen MR) is 84.4 cm³/mol. The topological polar surface area (TPSA) is 20.3 Å². The van der Waals surface area contributed by atoms with Crippen LogP contribution in [0.15, 0.2) is 30.3 Å². The molecule has 21 heavy (non-hydrogen) atoms. The van der Waals surface area contributed by atoms with Crippen molar-refractivity contribution in [3.8, 4) is 0 Å². The molecular formula is C19H25NO. The Hall–Kier alpha value is -1.15. The van der Waals surface area contributed by atoms with E-state index in [0.717, 1.165) is 19.3 Å². The maximum Gasteiger partial charge on any atom is 0.145 e. The SMILES string of the molecule is O=C1CC2(N3CCCCC3)CCC1(c1ccccc1)CC2. The summed E-state index contributed by atoms with van der Waals surface area (Å²) in [5.74, 6) is 0.511. The smallest absolute Gasteiger partial charge is 0.145 e. The van der Waals surface area contributed by atoms with Crippen molar-refractivity contribution >= 4 is 5.78 Å². The van der Waals surface area contributed by atoms with E-state index < -0.39 is 0 Å². The predicted octanol–water partition coefficient (Wildman–Crippen LogP) is 3.70. The first kappa shape index (κ1) is 13.5. The second kappa shape index (κ2) is 4.95. The second-order valence-corrected chi connectivity index (χ2v) is 7.32. The summed E-state index contributed by atoms with van der Waals surface area (Å²) in [6, 6.07) is 10.5. The number of likely N-dealkylation sites (tertiary alicyclic amines) is 1. The Bertz CT molecular complexity index is 522. The summed E-state index contributed by atoms with van der Waals surface area (Å²) in [6.45, 7) is 2.43. The molecule has 4 aliphatic rings. The molecule has 1 aromatic carbocycles. The number of ketones is 1. The van der Waals surface area contributed by atoms with E-state index >= 15 is 0 Å². The van der Waals surface area contributed by atoms with E-state index in [0.29, 0.717) is 5.78 Å². The molecule has 112 valence electrons. The van der Waals surface area contributed by atoms with E-state index in [4.69, 9.17) is 0 Å². The monoisotopic (exact) mass is 283 g/mol. The van der Waals surface area contributed by atoms with Gasteiger partial charge in [0.25, 0.3) is 0 Å². The van der Waals surface area contributed by atoms with Gasteiger partial charge in [0.2, 0.25) is 0 Å². The lowest BCUT2D eigenvalue weighted by Gasteiger charge is -2.57. The third-order valence-electron chi connectivity index (χ3n) is 6.41. The van der Waals surface area contributed by atoms with Crippen LogP contribution in [0.3, 0.4) is 0 Å². The number of hydrogen-bond donors (Lipinski definition) is 0. The van der Waals surface area contributed by atoms with E-state index in [-0.39, 0.29) is 11.0 Å². The molecule has 0 radical (unpaired) electrons. The number of benzene rings is 1. The van der Waals surface area contributed by atoms with Crippen LogP contribution in [0, 0.1) is 0 Å². The molecule has 2 bridgehead atoms. The Morgan fingerprint density at radius 3 is 2.14 bits per heavy atom. The molecule has 0 spiro atoms. The highest BCUT2D eigenvalue weighted by Gasteiger charge is 2.56. The zero-order valence-corrected chi connectivity index (χ0v) is 12.8. The van der Waals surface area contributed by atoms with Gasteiger partial charge in [-0.2, -0.15) is 0 Å². The van der Waals surface area contributed by atoms with Crippen molar-refractivity contribution in [1.82, 2.24) is 4.90 Å². The fourth-order valence-electron chi connectivity index (χ4n) is 5.07. The second-order valence-electron chi connectivity index (χ2n) is 7.32. The van der Waals surface area contributed by atoms with Crippen LogP contribution in [-0.2, 0) is 10.2 Å². The van der Waals surface area contributed by atoms with E-state index in [1.807, 2.05) is 6.07 Å². The van der Waals surface area contributed by atoms with Crippen LogP contribution >= 0.6 is 0 Å². The van der Waals surface area contributed by atoms with Crippen molar-refractivity contribution in [3.05, 3.63) is 35.9 Å². The number of carbonyl (C=O) groups excluding carboxylic acids is 1. The molecule has 0 atom stereocenters. The van der Waals surface area contributed by atoms with Crippen LogP contribution in [0.2, 0.25) is 0 Å². The van der Waals surface area contributed by atoms with Gasteiger partial charge in [0.1, 0.15) is 5.78 Å². The summed E-state index contributed by atoms with van der Waals surface area (Å²) in [6.07, 6.45) is 9.36. The summed E-state index contributed by atoms with van der Waals surface area (Å²) in [5, 5.41) is 0. The molecule has 3 saturated carbocycles. The van der Waals surface area contributed by atoms with Gasteiger partial charge in [-0.3, -0.25) is 9.69 Å². The first-order chi connectivity index (χ1) is 10.3. The van der Waals surface area contributed by atoms with Crippen LogP contribution in [0.4, 0.5) is 0 Å². The molecule has 2 nitrogen and oxygen atoms in total. The maximum absolute atomic E-state index is 13.0. The van der Waals surface area contributed by atoms with Gasteiger partial charge in [0.05, 0.1) is 5.41 Å². The number of hydrogen-bond acceptors (Lipinski definition) is 2. The highest BCUT2D eigenvalue weighted by Crippen LogP contribution is 2.54. The number of Topliss-reactive ketones (excluding diaryl/α,β-unsaturated/α-hetero) is 1. The Morgan fingerprint density at radius 2 is 1.52 bits per heavy atom. The molecule has 1 heterocycles. The van der Waals surface area contributed by atoms with E-state index in [2.05, 4.69) is 29.2 Å². The Balaban J connectivity index is 1.62. The molecule has 0 unspecified atom stereocenters. The van der Waals surface area contributed by atoms with Gasteiger partial charge in [-0.15, -0.1) is 0 Å². The van der Waals surface area contributed by atoms with Gasteiger partial charge in [-0.25, -0.2) is 0 Å². The minimum absolute atomic E-state index is 0.154. The number of piperidine rings is 1. The average molecular weight is 283 g/mol. The molecule has 0 aromatic heterocycles. The highest BCUT2D eigenvalue weighted by molar-refractivity contribution is 5.93. The van der Waals surface area contributed by atoms with Crippen molar-refractivity contribution in [1.29, 1.82) is 0 Å². The van der Waals surface area contributed by atoms with Gasteiger partial charge < -0.3 is 0 Å². The van der Waals surface area contributed by atoms with Crippen molar-refractivity contribution in [3.63, 3.8) is 0 Å². The molecule has 5 rings (SSSR count). The fraction of sp³-hybridized carbons (Fsp3) is 0.632. The van der Waals surface area contributed by atoms with Crippen LogP contribution < -0.4 is 0 Å². The lowest BCUT2D eigenvalue weighted by atomic mass is 9.53. The summed E-state index contributed by atoms with van der Waals surface area (Å²) >= 11 is 0. The van der Waals surface area contributed by atoms with Crippen molar-refractivity contribution in [2.45, 2.75) is 62.3 Å². The van der Waals surface area contributed by atoms with Gasteiger partial charge in [-0.05, 0) is 57.2 Å². The summed E-state index contributed by atoms with van der Waals surface area (Å²) < 4.78 is 0. The number of fused-ring (bicyclic) bond motifs is 3. The lowest BCUT2D eigenvalue weighted by molar-refractivity contribution is -0.140. The van der Waals surface area contributed by atoms with E-state index in [1.54, 1.807) is 0 Å². The molecular weight excluding hydrogens is 258 g/mol. The molecule has 1 aromatic rings. The molecule has 4 fully saturated rings. The third kappa shape index (κ3) is 1.99. The first-order valence-corrected chi connectivity index (χ1v) is 8.59. The largest absolute Gasteiger partial charge is 0.299 e. The molecule has 1 aliphatic heterocycles. The van der Waals surface area contributed by atoms with Crippen molar-refractivity contribution < 1.29 is 4.79 Å². The highest BCUT2D eigenvalue weighted by atomic mass is 16.1. The molecule has 1 saturated heterocycles. The fourth-order valence-corrected chi connectivity index (χ4v) is 5.07. The average Bonchev–Trinajstić information content (AvgIpc) is 2.57. The Labute approximate surface area is 127 Å². The van der Waals surface area contributed by atoms with Crippen LogP contribution in [-0.4, -0.2) is 29.3 Å². The van der Waals surface area contributed by atoms with Gasteiger partial charge in [-0.1, -0.05) is 36.8 Å². The zero-order valence-electron chi connectivity index (χ0n) is 12.8. The minimum atomic E-state index is -0.154. The number of rotatable bonds is 2. The van der Waals surface area contributed by atoms with Gasteiger partial charge >= 0.3 is 0 Å². The van der Waals surface area contributed by atoms with Crippen LogP contribution in [0.25, 0.3) is 0 Å². The summed E-state index contributed by atoms with van der Waals surface area (Å²) in [7, 11) is 0. The number of nitrogens with zero attached hydrogens (tertiary/aromatic N) is 1. The molecule has 3 aliphatic carbocycles. The molecule has 2 heteroatoms. The quantitative estimate of drug-likeness (QED) is 0.825.